The fourth-order valence-corrected chi connectivity index (χ4v) is 4.79. The molecule has 0 aromatic heterocycles. The van der Waals surface area contributed by atoms with Gasteiger partial charge in [-0.1, -0.05) is 109 Å². The van der Waals surface area contributed by atoms with Crippen LogP contribution in [0.3, 0.4) is 0 Å². The van der Waals surface area contributed by atoms with Gasteiger partial charge in [-0.3, -0.25) is 0 Å². The summed E-state index contributed by atoms with van der Waals surface area (Å²) in [4.78, 5) is 1.28. The zero-order chi connectivity index (χ0) is 19.7. The second kappa shape index (κ2) is 10.1. The van der Waals surface area contributed by atoms with E-state index in [0.717, 1.165) is 6.54 Å². The molecule has 4 rings (SSSR count). The van der Waals surface area contributed by atoms with Gasteiger partial charge in [-0.2, -0.15) is 0 Å². The van der Waals surface area contributed by atoms with E-state index >= 15 is 0 Å². The van der Waals surface area contributed by atoms with Crippen molar-refractivity contribution in [3.8, 4) is 0 Å². The number of benzene rings is 4. The minimum atomic E-state index is 0.184. The summed E-state index contributed by atoms with van der Waals surface area (Å²) in [5, 5.41) is 4.10. The first-order valence-electron chi connectivity index (χ1n) is 9.99. The van der Waals surface area contributed by atoms with Crippen LogP contribution in [-0.4, -0.2) is 0 Å². The zero-order valence-corrected chi connectivity index (χ0v) is 17.1. The summed E-state index contributed by atoms with van der Waals surface area (Å²) in [6.07, 6.45) is 0. The largest absolute Gasteiger partial charge is 0.305 e. The Balaban J connectivity index is 1.68. The normalized spacial score (nSPS) is 13.0. The van der Waals surface area contributed by atoms with E-state index in [9.17, 15) is 0 Å². The highest BCUT2D eigenvalue weighted by Crippen LogP contribution is 2.44. The lowest BCUT2D eigenvalue weighted by molar-refractivity contribution is 0.522. The van der Waals surface area contributed by atoms with Crippen molar-refractivity contribution in [1.29, 1.82) is 0 Å². The number of nitrogens with one attached hydrogen (secondary N) is 1. The smallest absolute Gasteiger partial charge is 0.0539 e. The van der Waals surface area contributed by atoms with Gasteiger partial charge in [0.1, 0.15) is 0 Å². The van der Waals surface area contributed by atoms with Crippen molar-refractivity contribution in [3.05, 3.63) is 138 Å². The SMILES string of the molecule is c1ccc(CN[C@@H](c2ccccc2)[C@H](Sc2ccccc2)c2ccccc2)cc1. The van der Waals surface area contributed by atoms with E-state index in [0.29, 0.717) is 0 Å². The maximum Gasteiger partial charge on any atom is 0.0539 e. The molecule has 2 atom stereocenters. The monoisotopic (exact) mass is 395 g/mol. The first-order valence-corrected chi connectivity index (χ1v) is 10.9. The van der Waals surface area contributed by atoms with Gasteiger partial charge >= 0.3 is 0 Å². The molecule has 4 aromatic rings. The Labute approximate surface area is 177 Å². The summed E-state index contributed by atoms with van der Waals surface area (Å²) in [5.41, 5.74) is 3.93. The summed E-state index contributed by atoms with van der Waals surface area (Å²) in [5.74, 6) is 0. The highest BCUT2D eigenvalue weighted by atomic mass is 32.2. The van der Waals surface area contributed by atoms with Crippen LogP contribution < -0.4 is 5.32 Å². The third-order valence-corrected chi connectivity index (χ3v) is 6.31. The third kappa shape index (κ3) is 5.38. The maximum atomic E-state index is 3.85. The van der Waals surface area contributed by atoms with Gasteiger partial charge in [0.15, 0.2) is 0 Å². The molecule has 0 aliphatic rings. The molecular formula is C27H25NS. The van der Waals surface area contributed by atoms with Crippen LogP contribution in [0.4, 0.5) is 0 Å². The van der Waals surface area contributed by atoms with Crippen molar-refractivity contribution in [1.82, 2.24) is 5.32 Å². The minimum Gasteiger partial charge on any atom is -0.305 e. The van der Waals surface area contributed by atoms with Gasteiger partial charge in [0, 0.05) is 17.5 Å². The van der Waals surface area contributed by atoms with Crippen LogP contribution in [0.1, 0.15) is 28.0 Å². The van der Waals surface area contributed by atoms with Gasteiger partial charge in [-0.25, -0.2) is 0 Å². The van der Waals surface area contributed by atoms with Crippen LogP contribution >= 0.6 is 11.8 Å². The van der Waals surface area contributed by atoms with E-state index in [-0.39, 0.29) is 11.3 Å². The van der Waals surface area contributed by atoms with Gasteiger partial charge in [0.05, 0.1) is 5.25 Å². The molecule has 29 heavy (non-hydrogen) atoms. The molecule has 0 fully saturated rings. The molecule has 0 aliphatic carbocycles. The Hall–Kier alpha value is -2.81. The van der Waals surface area contributed by atoms with Crippen molar-refractivity contribution in [2.75, 3.05) is 0 Å². The number of hydrogen-bond acceptors (Lipinski definition) is 2. The zero-order valence-electron chi connectivity index (χ0n) is 16.3. The first kappa shape index (κ1) is 19.5. The molecule has 0 spiro atoms. The molecule has 1 N–H and O–H groups in total. The minimum absolute atomic E-state index is 0.184. The van der Waals surface area contributed by atoms with Crippen LogP contribution in [0.25, 0.3) is 0 Å². The quantitative estimate of drug-likeness (QED) is 0.321. The van der Waals surface area contributed by atoms with E-state index in [4.69, 9.17) is 0 Å². The predicted molar refractivity (Wildman–Crippen MR) is 124 cm³/mol. The third-order valence-electron chi connectivity index (χ3n) is 4.96. The molecule has 0 radical (unpaired) electrons. The second-order valence-electron chi connectivity index (χ2n) is 7.02. The van der Waals surface area contributed by atoms with Crippen molar-refractivity contribution >= 4 is 11.8 Å². The second-order valence-corrected chi connectivity index (χ2v) is 8.23. The van der Waals surface area contributed by atoms with Gasteiger partial charge in [-0.05, 0) is 28.8 Å². The highest BCUT2D eigenvalue weighted by molar-refractivity contribution is 7.99. The predicted octanol–water partition coefficient (Wildman–Crippen LogP) is 7.05. The average molecular weight is 396 g/mol. The number of rotatable bonds is 8. The van der Waals surface area contributed by atoms with Crippen molar-refractivity contribution in [3.63, 3.8) is 0 Å². The van der Waals surface area contributed by atoms with Gasteiger partial charge in [0.2, 0.25) is 0 Å². The van der Waals surface area contributed by atoms with Crippen LogP contribution in [-0.2, 0) is 6.54 Å². The van der Waals surface area contributed by atoms with Crippen LogP contribution in [0.5, 0.6) is 0 Å². The molecule has 0 heterocycles. The number of thioether (sulfide) groups is 1. The van der Waals surface area contributed by atoms with Crippen LogP contribution in [0, 0.1) is 0 Å². The summed E-state index contributed by atoms with van der Waals surface area (Å²) in [6, 6.07) is 43.1. The van der Waals surface area contributed by atoms with E-state index < -0.39 is 0 Å². The Morgan fingerprint density at radius 2 is 1.03 bits per heavy atom. The molecule has 4 aromatic carbocycles. The van der Waals surface area contributed by atoms with E-state index in [1.165, 1.54) is 21.6 Å². The molecule has 0 aliphatic heterocycles. The van der Waals surface area contributed by atoms with Crippen LogP contribution in [0.15, 0.2) is 126 Å². The summed E-state index contributed by atoms with van der Waals surface area (Å²) in [6.45, 7) is 0.832. The summed E-state index contributed by atoms with van der Waals surface area (Å²) >= 11 is 1.92. The van der Waals surface area contributed by atoms with Gasteiger partial charge < -0.3 is 5.32 Å². The standard InChI is InChI=1S/C27H25NS/c1-5-13-22(14-6-1)21-28-26(23-15-7-2-8-16-23)27(24-17-9-3-10-18-24)29-25-19-11-4-12-20-25/h1-20,26-28H,21H2/t26-,27+/m0/s1. The van der Waals surface area contributed by atoms with Gasteiger partial charge in [-0.15, -0.1) is 11.8 Å². The summed E-state index contributed by atoms with van der Waals surface area (Å²) < 4.78 is 0. The lowest BCUT2D eigenvalue weighted by Gasteiger charge is -2.29. The average Bonchev–Trinajstić information content (AvgIpc) is 2.81. The number of hydrogen-bond donors (Lipinski definition) is 1. The molecule has 1 nitrogen and oxygen atoms in total. The van der Waals surface area contributed by atoms with Crippen molar-refractivity contribution in [2.24, 2.45) is 0 Å². The molecule has 0 bridgehead atoms. The fourth-order valence-electron chi connectivity index (χ4n) is 3.50. The summed E-state index contributed by atoms with van der Waals surface area (Å²) in [7, 11) is 0. The highest BCUT2D eigenvalue weighted by Gasteiger charge is 2.25. The van der Waals surface area contributed by atoms with E-state index in [2.05, 4.69) is 127 Å². The molecule has 0 unspecified atom stereocenters. The van der Waals surface area contributed by atoms with E-state index in [1.807, 2.05) is 11.8 Å². The Kier molecular flexibility index (Phi) is 6.80. The Morgan fingerprint density at radius 1 is 0.552 bits per heavy atom. The Bertz CT molecular complexity index is 972. The van der Waals surface area contributed by atoms with Crippen molar-refractivity contribution in [2.45, 2.75) is 22.7 Å². The molecular weight excluding hydrogens is 370 g/mol. The van der Waals surface area contributed by atoms with E-state index in [1.54, 1.807) is 0 Å². The van der Waals surface area contributed by atoms with Crippen molar-refractivity contribution < 1.29 is 0 Å². The lowest BCUT2D eigenvalue weighted by atomic mass is 9.98. The van der Waals surface area contributed by atoms with Gasteiger partial charge in [0.25, 0.3) is 0 Å². The fraction of sp³-hybridized carbons (Fsp3) is 0.111. The topological polar surface area (TPSA) is 12.0 Å². The maximum absolute atomic E-state index is 3.85. The lowest BCUT2D eigenvalue weighted by Crippen LogP contribution is -2.25. The van der Waals surface area contributed by atoms with Crippen LogP contribution in [0.2, 0.25) is 0 Å². The first-order chi connectivity index (χ1) is 14.4. The molecule has 144 valence electrons. The molecule has 2 heteroatoms. The molecule has 0 saturated carbocycles. The Morgan fingerprint density at radius 3 is 1.62 bits per heavy atom. The molecule has 0 amide bonds. The molecule has 0 saturated heterocycles.